The first-order valence-electron chi connectivity index (χ1n) is 10.6. The first kappa shape index (κ1) is 30.1. The van der Waals surface area contributed by atoms with Gasteiger partial charge in [0.15, 0.2) is 9.84 Å². The molecule has 0 unspecified atom stereocenters. The number of hydrogen-bond donors (Lipinski definition) is 0. The molecule has 3 rings (SSSR count). The number of carbonyl (C=O) groups is 2. The summed E-state index contributed by atoms with van der Waals surface area (Å²) < 4.78 is 33.5. The predicted molar refractivity (Wildman–Crippen MR) is 149 cm³/mol. The van der Waals surface area contributed by atoms with Crippen molar-refractivity contribution in [1.82, 2.24) is 0 Å². The maximum atomic E-state index is 11.4. The molecule has 10 heteroatoms. The van der Waals surface area contributed by atoms with Gasteiger partial charge in [-0.3, -0.25) is 9.59 Å². The normalized spacial score (nSPS) is 10.7. The first-order valence-corrected chi connectivity index (χ1v) is 15.1. The molecular formula is C26H26Br2O6S2. The van der Waals surface area contributed by atoms with Gasteiger partial charge in [0.05, 0.1) is 32.0 Å². The monoisotopic (exact) mass is 656 g/mol. The summed E-state index contributed by atoms with van der Waals surface area (Å²) in [6, 6.07) is 21.0. The van der Waals surface area contributed by atoms with Crippen molar-refractivity contribution in [3.8, 4) is 0 Å². The first-order chi connectivity index (χ1) is 17.0. The molecule has 0 saturated carbocycles. The zero-order chi connectivity index (χ0) is 26.7. The van der Waals surface area contributed by atoms with Crippen LogP contribution >= 0.6 is 43.6 Å². The summed E-state index contributed by atoms with van der Waals surface area (Å²) in [5.41, 5.74) is 2.84. The van der Waals surface area contributed by atoms with Crippen LogP contribution in [0.5, 0.6) is 0 Å². The molecule has 0 radical (unpaired) electrons. The van der Waals surface area contributed by atoms with Crippen molar-refractivity contribution in [2.75, 3.05) is 20.5 Å². The summed E-state index contributed by atoms with van der Waals surface area (Å²) in [5, 5.41) is 0. The third kappa shape index (κ3) is 10.9. The molecule has 3 aromatic carbocycles. The number of sulfone groups is 1. The summed E-state index contributed by atoms with van der Waals surface area (Å²) in [6.07, 6.45) is 1.48. The van der Waals surface area contributed by atoms with Gasteiger partial charge < -0.3 is 9.47 Å². The van der Waals surface area contributed by atoms with Crippen molar-refractivity contribution >= 4 is 65.4 Å². The quantitative estimate of drug-likeness (QED) is 0.216. The van der Waals surface area contributed by atoms with Crippen LogP contribution in [0, 0.1) is 0 Å². The lowest BCUT2D eigenvalue weighted by molar-refractivity contribution is -0.140. The van der Waals surface area contributed by atoms with E-state index in [1.165, 1.54) is 31.9 Å². The molecule has 192 valence electrons. The molecule has 36 heavy (non-hydrogen) atoms. The lowest BCUT2D eigenvalue weighted by Gasteiger charge is -2.06. The maximum absolute atomic E-state index is 11.4. The molecule has 0 bridgehead atoms. The van der Waals surface area contributed by atoms with Crippen LogP contribution in [0.15, 0.2) is 85.5 Å². The number of methoxy groups -OCH3 is 2. The van der Waals surface area contributed by atoms with E-state index in [1.807, 2.05) is 30.3 Å². The van der Waals surface area contributed by atoms with E-state index in [2.05, 4.69) is 54.8 Å². The molecule has 0 amide bonds. The zero-order valence-corrected chi connectivity index (χ0v) is 24.8. The third-order valence-electron chi connectivity index (χ3n) is 4.69. The molecule has 0 spiro atoms. The smallest absolute Gasteiger partial charge is 0.309 e. The molecule has 3 aromatic rings. The SMILES string of the molecule is COC(=O)Cc1cc(Br)cc(S(C)(=O)=O)c1.COC(=O)Cc1cc(Br)cc(SCc2ccccc2)c1. The fraction of sp³-hybridized carbons (Fsp3) is 0.231. The Labute approximate surface area is 233 Å². The largest absolute Gasteiger partial charge is 0.469 e. The van der Waals surface area contributed by atoms with Gasteiger partial charge in [-0.25, -0.2) is 8.42 Å². The predicted octanol–water partition coefficient (Wildman–Crippen LogP) is 6.03. The Hall–Kier alpha value is -2.14. The van der Waals surface area contributed by atoms with Crippen molar-refractivity contribution in [3.63, 3.8) is 0 Å². The topological polar surface area (TPSA) is 86.7 Å². The second-order valence-electron chi connectivity index (χ2n) is 7.64. The Balaban J connectivity index is 0.000000261. The number of esters is 2. The van der Waals surface area contributed by atoms with Crippen LogP contribution in [0.1, 0.15) is 16.7 Å². The van der Waals surface area contributed by atoms with E-state index in [0.29, 0.717) is 16.5 Å². The standard InChI is InChI=1S/C16H15BrO2S.C10H11BrO4S/c1-19-16(18)9-13-7-14(17)10-15(8-13)20-11-12-5-3-2-4-6-12;1-15-10(12)5-7-3-8(11)6-9(4-7)16(2,13)14/h2-8,10H,9,11H2,1H3;3-4,6H,5H2,1-2H3. The number of hydrogen-bond acceptors (Lipinski definition) is 7. The van der Waals surface area contributed by atoms with Gasteiger partial charge >= 0.3 is 11.9 Å². The van der Waals surface area contributed by atoms with Crippen molar-refractivity contribution in [1.29, 1.82) is 0 Å². The van der Waals surface area contributed by atoms with Gasteiger partial charge in [-0.15, -0.1) is 11.8 Å². The van der Waals surface area contributed by atoms with E-state index in [4.69, 9.17) is 4.74 Å². The lowest BCUT2D eigenvalue weighted by Crippen LogP contribution is -2.06. The van der Waals surface area contributed by atoms with Crippen molar-refractivity contribution in [2.45, 2.75) is 28.4 Å². The van der Waals surface area contributed by atoms with Gasteiger partial charge in [0, 0.05) is 25.8 Å². The van der Waals surface area contributed by atoms with Gasteiger partial charge in [-0.2, -0.15) is 0 Å². The Morgan fingerprint density at radius 1 is 0.778 bits per heavy atom. The lowest BCUT2D eigenvalue weighted by atomic mass is 10.1. The van der Waals surface area contributed by atoms with Gasteiger partial charge in [0.2, 0.25) is 0 Å². The molecule has 0 aromatic heterocycles. The number of benzene rings is 3. The Kier molecular flexibility index (Phi) is 12.2. The van der Waals surface area contributed by atoms with E-state index in [-0.39, 0.29) is 17.3 Å². The fourth-order valence-corrected chi connectivity index (χ4v) is 6.02. The third-order valence-corrected chi connectivity index (χ3v) is 7.75. The number of ether oxygens (including phenoxy) is 2. The highest BCUT2D eigenvalue weighted by molar-refractivity contribution is 9.10. The second kappa shape index (κ2) is 14.6. The van der Waals surface area contributed by atoms with Crippen LogP contribution in [0.4, 0.5) is 0 Å². The van der Waals surface area contributed by atoms with Crippen LogP contribution in [0.3, 0.4) is 0 Å². The molecule has 0 aliphatic heterocycles. The van der Waals surface area contributed by atoms with Crippen molar-refractivity contribution in [3.05, 3.63) is 92.4 Å². The highest BCUT2D eigenvalue weighted by Gasteiger charge is 2.11. The van der Waals surface area contributed by atoms with E-state index in [0.717, 1.165) is 26.9 Å². The van der Waals surface area contributed by atoms with Crippen LogP contribution in [-0.2, 0) is 47.5 Å². The summed E-state index contributed by atoms with van der Waals surface area (Å²) >= 11 is 8.44. The Bertz CT molecular complexity index is 1300. The molecule has 0 aliphatic carbocycles. The highest BCUT2D eigenvalue weighted by atomic mass is 79.9. The Morgan fingerprint density at radius 2 is 1.31 bits per heavy atom. The Morgan fingerprint density at radius 3 is 1.83 bits per heavy atom. The second-order valence-corrected chi connectivity index (χ2v) is 12.5. The van der Waals surface area contributed by atoms with Crippen LogP contribution in [0.25, 0.3) is 0 Å². The van der Waals surface area contributed by atoms with E-state index in [9.17, 15) is 18.0 Å². The van der Waals surface area contributed by atoms with Gasteiger partial charge in [-0.05, 0) is 53.1 Å². The van der Waals surface area contributed by atoms with Crippen molar-refractivity contribution < 1.29 is 27.5 Å². The van der Waals surface area contributed by atoms with E-state index >= 15 is 0 Å². The van der Waals surface area contributed by atoms with Crippen molar-refractivity contribution in [2.24, 2.45) is 0 Å². The minimum absolute atomic E-state index is 0.0540. The fourth-order valence-electron chi connectivity index (χ4n) is 2.96. The highest BCUT2D eigenvalue weighted by Crippen LogP contribution is 2.27. The van der Waals surface area contributed by atoms with Crippen LogP contribution < -0.4 is 0 Å². The molecule has 0 heterocycles. The van der Waals surface area contributed by atoms with E-state index in [1.54, 1.807) is 17.8 Å². The average Bonchev–Trinajstić information content (AvgIpc) is 2.82. The molecule has 0 aliphatic rings. The van der Waals surface area contributed by atoms with Gasteiger partial charge in [-0.1, -0.05) is 62.2 Å². The molecule has 0 saturated heterocycles. The summed E-state index contributed by atoms with van der Waals surface area (Å²) in [6.45, 7) is 0. The minimum atomic E-state index is -3.27. The summed E-state index contributed by atoms with van der Waals surface area (Å²) in [7, 11) is -0.575. The number of rotatable bonds is 8. The number of halogens is 2. The maximum Gasteiger partial charge on any atom is 0.309 e. The number of carbonyl (C=O) groups excluding carboxylic acids is 2. The minimum Gasteiger partial charge on any atom is -0.469 e. The summed E-state index contributed by atoms with van der Waals surface area (Å²) in [5.74, 6) is 0.286. The van der Waals surface area contributed by atoms with Crippen LogP contribution in [0.2, 0.25) is 0 Å². The van der Waals surface area contributed by atoms with Crippen LogP contribution in [-0.4, -0.2) is 40.8 Å². The van der Waals surface area contributed by atoms with E-state index < -0.39 is 15.8 Å². The average molecular weight is 658 g/mol. The molecule has 0 fully saturated rings. The molecule has 0 N–H and O–H groups in total. The number of thioether (sulfide) groups is 1. The zero-order valence-electron chi connectivity index (χ0n) is 20.0. The molecule has 6 nitrogen and oxygen atoms in total. The molecule has 0 atom stereocenters. The summed E-state index contributed by atoms with van der Waals surface area (Å²) in [4.78, 5) is 23.7. The van der Waals surface area contributed by atoms with Gasteiger partial charge in [0.25, 0.3) is 0 Å². The molecular weight excluding hydrogens is 632 g/mol. The van der Waals surface area contributed by atoms with Gasteiger partial charge in [0.1, 0.15) is 0 Å².